The van der Waals surface area contributed by atoms with Crippen LogP contribution in [0.15, 0.2) is 36.5 Å². The molecule has 1 heterocycles. The first-order valence-electron chi connectivity index (χ1n) is 4.81. The summed E-state index contributed by atoms with van der Waals surface area (Å²) in [4.78, 5) is 7.55. The van der Waals surface area contributed by atoms with Gasteiger partial charge in [-0.05, 0) is 5.56 Å². The van der Waals surface area contributed by atoms with E-state index in [-0.39, 0.29) is 5.82 Å². The predicted molar refractivity (Wildman–Crippen MR) is 60.2 cm³/mol. The van der Waals surface area contributed by atoms with Crippen molar-refractivity contribution in [3.8, 4) is 0 Å². The first-order valence-corrected chi connectivity index (χ1v) is 4.81. The van der Waals surface area contributed by atoms with E-state index in [2.05, 4.69) is 15.3 Å². The van der Waals surface area contributed by atoms with E-state index in [1.165, 1.54) is 0 Å². The van der Waals surface area contributed by atoms with Gasteiger partial charge in [-0.15, -0.1) is 0 Å². The van der Waals surface area contributed by atoms with E-state index in [4.69, 9.17) is 5.73 Å². The van der Waals surface area contributed by atoms with Crippen LogP contribution < -0.4 is 11.1 Å². The van der Waals surface area contributed by atoms with E-state index in [0.717, 1.165) is 11.8 Å². The molecule has 0 atom stereocenters. The molecule has 3 N–H and O–H groups in total. The molecule has 0 bridgehead atoms. The monoisotopic (exact) mass is 218 g/mol. The van der Waals surface area contributed by atoms with Crippen molar-refractivity contribution in [2.75, 3.05) is 11.1 Å². The molecule has 1 aromatic heterocycles. The number of hydrogen-bond acceptors (Lipinski definition) is 4. The van der Waals surface area contributed by atoms with Crippen LogP contribution in [0.4, 0.5) is 16.2 Å². The first-order chi connectivity index (χ1) is 7.75. The normalized spacial score (nSPS) is 10.1. The minimum Gasteiger partial charge on any atom is -0.381 e. The van der Waals surface area contributed by atoms with Crippen molar-refractivity contribution in [2.24, 2.45) is 0 Å². The molecule has 82 valence electrons. The molecule has 16 heavy (non-hydrogen) atoms. The van der Waals surface area contributed by atoms with Gasteiger partial charge in [0.25, 0.3) is 0 Å². The van der Waals surface area contributed by atoms with Crippen LogP contribution >= 0.6 is 0 Å². The van der Waals surface area contributed by atoms with Crippen LogP contribution in [0, 0.1) is 5.82 Å². The molecule has 0 unspecified atom stereocenters. The maximum Gasteiger partial charge on any atom is 0.225 e. The van der Waals surface area contributed by atoms with Crippen LogP contribution in [0.5, 0.6) is 0 Å². The van der Waals surface area contributed by atoms with Crippen molar-refractivity contribution in [1.82, 2.24) is 9.97 Å². The number of hydrogen-bond donors (Lipinski definition) is 2. The summed E-state index contributed by atoms with van der Waals surface area (Å²) in [6.07, 6.45) is 1.05. The van der Waals surface area contributed by atoms with Gasteiger partial charge in [0.1, 0.15) is 0 Å². The topological polar surface area (TPSA) is 63.8 Å². The summed E-state index contributed by atoms with van der Waals surface area (Å²) in [5, 5.41) is 2.96. The van der Waals surface area contributed by atoms with Crippen molar-refractivity contribution in [2.45, 2.75) is 6.54 Å². The standard InChI is InChI=1S/C11H11FN4/c12-9-7-15-11(16-10(9)13)14-6-8-4-2-1-3-5-8/h1-5,7H,6H2,(H3,13,14,15,16). The van der Waals surface area contributed by atoms with Gasteiger partial charge in [-0.2, -0.15) is 4.98 Å². The molecule has 4 nitrogen and oxygen atoms in total. The van der Waals surface area contributed by atoms with Crippen molar-refractivity contribution >= 4 is 11.8 Å². The van der Waals surface area contributed by atoms with Gasteiger partial charge >= 0.3 is 0 Å². The van der Waals surface area contributed by atoms with Crippen molar-refractivity contribution in [1.29, 1.82) is 0 Å². The largest absolute Gasteiger partial charge is 0.381 e. The minimum atomic E-state index is -0.606. The lowest BCUT2D eigenvalue weighted by Gasteiger charge is -2.05. The fourth-order valence-electron chi connectivity index (χ4n) is 1.24. The smallest absolute Gasteiger partial charge is 0.225 e. The predicted octanol–water partition coefficient (Wildman–Crippen LogP) is 1.81. The Morgan fingerprint density at radius 3 is 2.69 bits per heavy atom. The van der Waals surface area contributed by atoms with Gasteiger partial charge in [-0.3, -0.25) is 0 Å². The second-order valence-electron chi connectivity index (χ2n) is 3.27. The Morgan fingerprint density at radius 2 is 2.00 bits per heavy atom. The molecule has 0 aliphatic heterocycles. The number of halogens is 1. The van der Waals surface area contributed by atoms with Crippen LogP contribution in [0.25, 0.3) is 0 Å². The summed E-state index contributed by atoms with van der Waals surface area (Å²) in [5.74, 6) is -0.432. The molecular formula is C11H11FN4. The number of anilines is 2. The van der Waals surface area contributed by atoms with Crippen LogP contribution in [0.1, 0.15) is 5.56 Å². The highest BCUT2D eigenvalue weighted by atomic mass is 19.1. The molecule has 5 heteroatoms. The molecule has 0 radical (unpaired) electrons. The van der Waals surface area contributed by atoms with E-state index in [1.54, 1.807) is 0 Å². The third-order valence-corrected chi connectivity index (χ3v) is 2.06. The number of aromatic nitrogens is 2. The zero-order valence-corrected chi connectivity index (χ0v) is 8.52. The third-order valence-electron chi connectivity index (χ3n) is 2.06. The van der Waals surface area contributed by atoms with Gasteiger partial charge < -0.3 is 11.1 Å². The van der Waals surface area contributed by atoms with E-state index in [0.29, 0.717) is 12.5 Å². The summed E-state index contributed by atoms with van der Waals surface area (Å²) in [7, 11) is 0. The number of nitrogens with two attached hydrogens (primary N) is 1. The lowest BCUT2D eigenvalue weighted by Crippen LogP contribution is -2.06. The van der Waals surface area contributed by atoms with Crippen molar-refractivity contribution in [3.05, 3.63) is 47.9 Å². The summed E-state index contributed by atoms with van der Waals surface area (Å²) in [5.41, 5.74) is 6.42. The highest BCUT2D eigenvalue weighted by Gasteiger charge is 2.02. The zero-order valence-electron chi connectivity index (χ0n) is 8.52. The summed E-state index contributed by atoms with van der Waals surface area (Å²) < 4.78 is 12.8. The highest BCUT2D eigenvalue weighted by Crippen LogP contribution is 2.08. The summed E-state index contributed by atoms with van der Waals surface area (Å²) in [6.45, 7) is 0.575. The van der Waals surface area contributed by atoms with Gasteiger partial charge in [-0.25, -0.2) is 9.37 Å². The van der Waals surface area contributed by atoms with Crippen LogP contribution in [-0.2, 0) is 6.54 Å². The Morgan fingerprint density at radius 1 is 1.25 bits per heavy atom. The van der Waals surface area contributed by atoms with Crippen molar-refractivity contribution < 1.29 is 4.39 Å². The van der Waals surface area contributed by atoms with Gasteiger partial charge in [0, 0.05) is 6.54 Å². The second kappa shape index (κ2) is 4.57. The van der Waals surface area contributed by atoms with E-state index in [9.17, 15) is 4.39 Å². The van der Waals surface area contributed by atoms with Crippen molar-refractivity contribution in [3.63, 3.8) is 0 Å². The molecule has 0 aliphatic rings. The van der Waals surface area contributed by atoms with Gasteiger partial charge in [0.2, 0.25) is 5.95 Å². The average Bonchev–Trinajstić information content (AvgIpc) is 2.32. The Labute approximate surface area is 92.3 Å². The number of nitrogen functional groups attached to an aromatic ring is 1. The SMILES string of the molecule is Nc1nc(NCc2ccccc2)ncc1F. The van der Waals surface area contributed by atoms with E-state index < -0.39 is 5.82 Å². The Hall–Kier alpha value is -2.17. The summed E-state index contributed by atoms with van der Waals surface area (Å²) >= 11 is 0. The molecule has 0 aliphatic carbocycles. The Bertz CT molecular complexity index is 473. The zero-order chi connectivity index (χ0) is 11.4. The Kier molecular flexibility index (Phi) is 2.95. The third kappa shape index (κ3) is 2.44. The summed E-state index contributed by atoms with van der Waals surface area (Å²) in [6, 6.07) is 9.77. The fraction of sp³-hybridized carbons (Fsp3) is 0.0909. The number of benzene rings is 1. The molecule has 2 rings (SSSR count). The first kappa shape index (κ1) is 10.4. The molecule has 0 spiro atoms. The van der Waals surface area contributed by atoms with Gasteiger partial charge in [-0.1, -0.05) is 30.3 Å². The van der Waals surface area contributed by atoms with Gasteiger partial charge in [0.15, 0.2) is 11.6 Å². The minimum absolute atomic E-state index is 0.148. The maximum atomic E-state index is 12.8. The number of nitrogens with zero attached hydrogens (tertiary/aromatic N) is 2. The molecular weight excluding hydrogens is 207 g/mol. The Balaban J connectivity index is 2.03. The van der Waals surface area contributed by atoms with E-state index >= 15 is 0 Å². The number of rotatable bonds is 3. The molecule has 0 fully saturated rings. The quantitative estimate of drug-likeness (QED) is 0.824. The van der Waals surface area contributed by atoms with Crippen LogP contribution in [0.2, 0.25) is 0 Å². The number of nitrogens with one attached hydrogen (secondary N) is 1. The second-order valence-corrected chi connectivity index (χ2v) is 3.27. The molecule has 0 saturated carbocycles. The molecule has 1 aromatic carbocycles. The van der Waals surface area contributed by atoms with E-state index in [1.807, 2.05) is 30.3 Å². The molecule has 0 saturated heterocycles. The molecule has 0 amide bonds. The maximum absolute atomic E-state index is 12.8. The molecule has 2 aromatic rings. The fourth-order valence-corrected chi connectivity index (χ4v) is 1.24. The lowest BCUT2D eigenvalue weighted by molar-refractivity contribution is 0.620. The van der Waals surface area contributed by atoms with Crippen LogP contribution in [0.3, 0.4) is 0 Å². The van der Waals surface area contributed by atoms with Crippen LogP contribution in [-0.4, -0.2) is 9.97 Å². The lowest BCUT2D eigenvalue weighted by atomic mass is 10.2. The van der Waals surface area contributed by atoms with Gasteiger partial charge in [0.05, 0.1) is 6.20 Å². The highest BCUT2D eigenvalue weighted by molar-refractivity contribution is 5.37. The average molecular weight is 218 g/mol.